The average molecular weight is 398 g/mol. The summed E-state index contributed by atoms with van der Waals surface area (Å²) in [7, 11) is 0. The topological polar surface area (TPSA) is 113 Å². The lowest BCUT2D eigenvalue weighted by Gasteiger charge is -2.28. The summed E-state index contributed by atoms with van der Waals surface area (Å²) in [5.74, 6) is -0.127. The lowest BCUT2D eigenvalue weighted by molar-refractivity contribution is -0.126. The Balaban J connectivity index is 1.25. The van der Waals surface area contributed by atoms with Crippen molar-refractivity contribution in [3.8, 4) is 0 Å². The summed E-state index contributed by atoms with van der Waals surface area (Å²) in [5.41, 5.74) is 1.87. The minimum atomic E-state index is -0.191. The number of aromatic nitrogens is 4. The third kappa shape index (κ3) is 4.19. The molecule has 8 nitrogen and oxygen atoms in total. The van der Waals surface area contributed by atoms with E-state index < -0.39 is 0 Å². The first-order chi connectivity index (χ1) is 13.6. The van der Waals surface area contributed by atoms with Gasteiger partial charge in [-0.15, -0.1) is 11.3 Å². The fourth-order valence-corrected chi connectivity index (χ4v) is 4.14. The van der Waals surface area contributed by atoms with E-state index in [1.807, 2.05) is 18.4 Å². The van der Waals surface area contributed by atoms with Crippen molar-refractivity contribution in [3.63, 3.8) is 0 Å². The molecule has 3 aromatic rings. The van der Waals surface area contributed by atoms with Gasteiger partial charge in [0.2, 0.25) is 5.91 Å². The largest absolute Gasteiger partial charge is 0.350 e. The fraction of sp³-hybridized carbons (Fsp3) is 0.421. The second-order valence-electron chi connectivity index (χ2n) is 7.10. The highest BCUT2D eigenvalue weighted by Crippen LogP contribution is 2.25. The van der Waals surface area contributed by atoms with Gasteiger partial charge in [-0.25, -0.2) is 9.97 Å². The molecule has 0 aromatic carbocycles. The first kappa shape index (κ1) is 18.5. The van der Waals surface area contributed by atoms with Crippen LogP contribution in [0, 0.1) is 12.8 Å². The van der Waals surface area contributed by atoms with Crippen molar-refractivity contribution in [1.29, 1.82) is 0 Å². The van der Waals surface area contributed by atoms with Crippen LogP contribution >= 0.6 is 11.3 Å². The number of aryl methyl sites for hydroxylation is 1. The van der Waals surface area contributed by atoms with Crippen molar-refractivity contribution < 1.29 is 9.59 Å². The highest BCUT2D eigenvalue weighted by Gasteiger charge is 2.27. The number of hydrogen-bond acceptors (Lipinski definition) is 6. The van der Waals surface area contributed by atoms with Crippen molar-refractivity contribution in [3.05, 3.63) is 40.1 Å². The van der Waals surface area contributed by atoms with Crippen LogP contribution in [0.2, 0.25) is 0 Å². The Labute approximate surface area is 166 Å². The van der Waals surface area contributed by atoms with Crippen LogP contribution in [0.1, 0.15) is 46.9 Å². The van der Waals surface area contributed by atoms with Crippen LogP contribution in [0.4, 0.5) is 0 Å². The second kappa shape index (κ2) is 8.05. The Kier molecular flexibility index (Phi) is 5.34. The third-order valence-corrected chi connectivity index (χ3v) is 5.90. The third-order valence-electron chi connectivity index (χ3n) is 5.08. The Morgan fingerprint density at radius 2 is 2.04 bits per heavy atom. The molecule has 28 heavy (non-hydrogen) atoms. The molecule has 1 saturated carbocycles. The predicted molar refractivity (Wildman–Crippen MR) is 106 cm³/mol. The van der Waals surface area contributed by atoms with Crippen LogP contribution in [0.15, 0.2) is 23.7 Å². The number of rotatable bonds is 5. The number of carbonyl (C=O) groups is 2. The molecule has 0 aliphatic heterocycles. The molecule has 2 amide bonds. The molecule has 0 unspecified atom stereocenters. The van der Waals surface area contributed by atoms with Crippen molar-refractivity contribution in [2.45, 2.75) is 45.2 Å². The molecule has 4 rings (SSSR count). The van der Waals surface area contributed by atoms with Gasteiger partial charge in [-0.05, 0) is 44.7 Å². The molecule has 3 N–H and O–H groups in total. The van der Waals surface area contributed by atoms with Gasteiger partial charge in [0, 0.05) is 22.7 Å². The first-order valence-corrected chi connectivity index (χ1v) is 10.3. The summed E-state index contributed by atoms with van der Waals surface area (Å²) < 4.78 is 0. The molecule has 0 saturated heterocycles. The van der Waals surface area contributed by atoms with Crippen molar-refractivity contribution in [1.82, 2.24) is 30.8 Å². The van der Waals surface area contributed by atoms with Crippen LogP contribution in [-0.4, -0.2) is 38.0 Å². The van der Waals surface area contributed by atoms with E-state index in [-0.39, 0.29) is 23.8 Å². The van der Waals surface area contributed by atoms with Crippen LogP contribution in [0.25, 0.3) is 11.0 Å². The van der Waals surface area contributed by atoms with Crippen molar-refractivity contribution in [2.75, 3.05) is 0 Å². The number of thiazole rings is 1. The van der Waals surface area contributed by atoms with Crippen LogP contribution in [0.5, 0.6) is 0 Å². The number of nitrogens with one attached hydrogen (secondary N) is 3. The summed E-state index contributed by atoms with van der Waals surface area (Å²) in [4.78, 5) is 33.5. The lowest BCUT2D eigenvalue weighted by Crippen LogP contribution is -2.41. The maximum atomic E-state index is 12.5. The van der Waals surface area contributed by atoms with Crippen LogP contribution < -0.4 is 10.6 Å². The molecule has 1 aliphatic rings. The highest BCUT2D eigenvalue weighted by molar-refractivity contribution is 7.09. The maximum Gasteiger partial charge on any atom is 0.270 e. The zero-order valence-corrected chi connectivity index (χ0v) is 16.4. The minimum Gasteiger partial charge on any atom is -0.350 e. The van der Waals surface area contributed by atoms with E-state index in [0.29, 0.717) is 17.9 Å². The fourth-order valence-electron chi connectivity index (χ4n) is 3.52. The zero-order valence-electron chi connectivity index (χ0n) is 15.6. The molecule has 9 heteroatoms. The van der Waals surface area contributed by atoms with E-state index in [1.165, 1.54) is 0 Å². The van der Waals surface area contributed by atoms with Crippen molar-refractivity contribution >= 4 is 34.2 Å². The molecule has 0 spiro atoms. The molecule has 146 valence electrons. The van der Waals surface area contributed by atoms with E-state index in [0.717, 1.165) is 41.8 Å². The quantitative estimate of drug-likeness (QED) is 0.611. The number of nitrogens with zero attached hydrogens (tertiary/aromatic N) is 3. The van der Waals surface area contributed by atoms with E-state index in [1.54, 1.807) is 23.6 Å². The molecule has 0 radical (unpaired) electrons. The van der Waals surface area contributed by atoms with Crippen LogP contribution in [-0.2, 0) is 11.3 Å². The van der Waals surface area contributed by atoms with Gasteiger partial charge < -0.3 is 10.6 Å². The predicted octanol–water partition coefficient (Wildman–Crippen LogP) is 2.33. The Morgan fingerprint density at radius 1 is 1.21 bits per heavy atom. The number of pyridine rings is 1. The molecule has 0 bridgehead atoms. The molecule has 1 aliphatic carbocycles. The summed E-state index contributed by atoms with van der Waals surface area (Å²) in [5, 5.41) is 16.5. The molecular weight excluding hydrogens is 376 g/mol. The smallest absolute Gasteiger partial charge is 0.270 e. The van der Waals surface area contributed by atoms with E-state index in [2.05, 4.69) is 30.8 Å². The molecule has 1 fully saturated rings. The SMILES string of the molecule is Cc1nc(CNC(=O)C2CCC(NC(=O)c3ccc4cn[nH]c4n3)CC2)cs1. The van der Waals surface area contributed by atoms with Gasteiger partial charge in [0.25, 0.3) is 5.91 Å². The standard InChI is InChI=1S/C19H22N6O2S/c1-11-22-15(10-28-11)9-20-18(26)12-2-5-14(6-3-12)23-19(27)16-7-4-13-8-21-25-17(13)24-16/h4,7-8,10,12,14H,2-3,5-6,9H2,1H3,(H,20,26)(H,23,27)(H,21,24,25). The minimum absolute atomic E-state index is 0.00708. The highest BCUT2D eigenvalue weighted by atomic mass is 32.1. The second-order valence-corrected chi connectivity index (χ2v) is 8.16. The molecule has 3 heterocycles. The van der Waals surface area contributed by atoms with Gasteiger partial charge in [-0.1, -0.05) is 0 Å². The van der Waals surface area contributed by atoms with Gasteiger partial charge >= 0.3 is 0 Å². The maximum absolute atomic E-state index is 12.5. The number of amides is 2. The lowest BCUT2D eigenvalue weighted by atomic mass is 9.85. The van der Waals surface area contributed by atoms with Gasteiger partial charge in [0.15, 0.2) is 5.65 Å². The monoisotopic (exact) mass is 398 g/mol. The number of aromatic amines is 1. The molecular formula is C19H22N6O2S. The summed E-state index contributed by atoms with van der Waals surface area (Å²) >= 11 is 1.58. The Hall–Kier alpha value is -2.81. The number of H-pyrrole nitrogens is 1. The summed E-state index contributed by atoms with van der Waals surface area (Å²) in [6.45, 7) is 2.43. The van der Waals surface area contributed by atoms with E-state index in [4.69, 9.17) is 0 Å². The van der Waals surface area contributed by atoms with E-state index in [9.17, 15) is 9.59 Å². The first-order valence-electron chi connectivity index (χ1n) is 9.38. The zero-order chi connectivity index (χ0) is 19.5. The van der Waals surface area contributed by atoms with E-state index >= 15 is 0 Å². The Morgan fingerprint density at radius 3 is 2.79 bits per heavy atom. The average Bonchev–Trinajstić information content (AvgIpc) is 3.34. The molecule has 3 aromatic heterocycles. The van der Waals surface area contributed by atoms with Crippen molar-refractivity contribution in [2.24, 2.45) is 5.92 Å². The number of fused-ring (bicyclic) bond motifs is 1. The summed E-state index contributed by atoms with van der Waals surface area (Å²) in [6.07, 6.45) is 4.77. The Bertz CT molecular complexity index is 989. The van der Waals surface area contributed by atoms with Gasteiger partial charge in [-0.3, -0.25) is 14.7 Å². The van der Waals surface area contributed by atoms with Gasteiger partial charge in [-0.2, -0.15) is 5.10 Å². The number of carbonyl (C=O) groups excluding carboxylic acids is 2. The molecule has 0 atom stereocenters. The summed E-state index contributed by atoms with van der Waals surface area (Å²) in [6, 6.07) is 3.59. The number of hydrogen-bond donors (Lipinski definition) is 3. The normalized spacial score (nSPS) is 19.5. The van der Waals surface area contributed by atoms with Gasteiger partial charge in [0.05, 0.1) is 23.4 Å². The van der Waals surface area contributed by atoms with Gasteiger partial charge in [0.1, 0.15) is 5.69 Å². The van der Waals surface area contributed by atoms with Crippen LogP contribution in [0.3, 0.4) is 0 Å².